The number of rotatable bonds is 2. The number of fused-ring (bicyclic) bond motifs is 1. The molecule has 1 aromatic heterocycles. The Morgan fingerprint density at radius 1 is 1.38 bits per heavy atom. The molecule has 16 heavy (non-hydrogen) atoms. The lowest BCUT2D eigenvalue weighted by molar-refractivity contribution is 0.426. The average molecular weight is 237 g/mol. The lowest BCUT2D eigenvalue weighted by Gasteiger charge is -2.24. The Bertz CT molecular complexity index is 356. The molecule has 0 atom stereocenters. The summed E-state index contributed by atoms with van der Waals surface area (Å²) >= 11 is 1.94. The summed E-state index contributed by atoms with van der Waals surface area (Å²) in [6, 6.07) is 2.29. The predicted molar refractivity (Wildman–Crippen MR) is 66.8 cm³/mol. The standard InChI is InChI=1S/C12H19N3S/c13-9-12(4-1-2-5-12)10-8-11-15(14-10)6-3-7-16-11/h8H,1-7,9,13H2. The smallest absolute Gasteiger partial charge is 0.0942 e. The molecule has 2 heterocycles. The molecule has 88 valence electrons. The van der Waals surface area contributed by atoms with E-state index in [1.54, 1.807) is 0 Å². The molecular weight excluding hydrogens is 218 g/mol. The first-order valence-electron chi connectivity index (χ1n) is 6.25. The van der Waals surface area contributed by atoms with Crippen molar-refractivity contribution in [1.82, 2.24) is 9.78 Å². The minimum Gasteiger partial charge on any atom is -0.330 e. The quantitative estimate of drug-likeness (QED) is 0.857. The van der Waals surface area contributed by atoms with Crippen molar-refractivity contribution in [3.05, 3.63) is 11.8 Å². The van der Waals surface area contributed by atoms with Crippen molar-refractivity contribution in [2.75, 3.05) is 12.3 Å². The van der Waals surface area contributed by atoms with Crippen LogP contribution in [0.15, 0.2) is 11.1 Å². The van der Waals surface area contributed by atoms with Gasteiger partial charge >= 0.3 is 0 Å². The molecule has 3 rings (SSSR count). The Kier molecular flexibility index (Phi) is 2.72. The van der Waals surface area contributed by atoms with Gasteiger partial charge in [-0.1, -0.05) is 12.8 Å². The Labute approximate surface area is 101 Å². The molecule has 4 heteroatoms. The molecule has 2 N–H and O–H groups in total. The summed E-state index contributed by atoms with van der Waals surface area (Å²) in [5.74, 6) is 1.24. The predicted octanol–water partition coefficient (Wildman–Crippen LogP) is 2.15. The van der Waals surface area contributed by atoms with Gasteiger partial charge in [0.05, 0.1) is 10.7 Å². The average Bonchev–Trinajstić information content (AvgIpc) is 2.96. The van der Waals surface area contributed by atoms with Crippen LogP contribution in [-0.2, 0) is 12.0 Å². The highest BCUT2D eigenvalue weighted by molar-refractivity contribution is 7.99. The van der Waals surface area contributed by atoms with Crippen molar-refractivity contribution < 1.29 is 0 Å². The van der Waals surface area contributed by atoms with Crippen molar-refractivity contribution in [3.8, 4) is 0 Å². The van der Waals surface area contributed by atoms with Gasteiger partial charge in [-0.25, -0.2) is 0 Å². The summed E-state index contributed by atoms with van der Waals surface area (Å²) in [5.41, 5.74) is 7.46. The van der Waals surface area contributed by atoms with E-state index in [-0.39, 0.29) is 5.41 Å². The van der Waals surface area contributed by atoms with E-state index in [2.05, 4.69) is 10.7 Å². The number of hydrogen-bond donors (Lipinski definition) is 1. The van der Waals surface area contributed by atoms with Gasteiger partial charge in [0.2, 0.25) is 0 Å². The summed E-state index contributed by atoms with van der Waals surface area (Å²) in [7, 11) is 0. The molecule has 0 spiro atoms. The minimum atomic E-state index is 0.199. The Morgan fingerprint density at radius 2 is 2.19 bits per heavy atom. The Hall–Kier alpha value is -0.480. The molecule has 1 aliphatic heterocycles. The van der Waals surface area contributed by atoms with Crippen LogP contribution in [-0.4, -0.2) is 22.1 Å². The van der Waals surface area contributed by atoms with E-state index in [0.29, 0.717) is 0 Å². The van der Waals surface area contributed by atoms with E-state index in [9.17, 15) is 0 Å². The topological polar surface area (TPSA) is 43.8 Å². The normalized spacial score (nSPS) is 23.3. The number of aromatic nitrogens is 2. The molecular formula is C12H19N3S. The van der Waals surface area contributed by atoms with Crippen LogP contribution >= 0.6 is 11.8 Å². The molecule has 0 amide bonds. The Morgan fingerprint density at radius 3 is 2.88 bits per heavy atom. The van der Waals surface area contributed by atoms with Gasteiger partial charge in [0.1, 0.15) is 0 Å². The second-order valence-electron chi connectivity index (χ2n) is 4.98. The van der Waals surface area contributed by atoms with Crippen LogP contribution in [0.5, 0.6) is 0 Å². The fourth-order valence-corrected chi connectivity index (χ4v) is 3.90. The zero-order chi connectivity index (χ0) is 11.0. The fourth-order valence-electron chi connectivity index (χ4n) is 2.94. The van der Waals surface area contributed by atoms with E-state index in [1.165, 1.54) is 48.6 Å². The van der Waals surface area contributed by atoms with Gasteiger partial charge in [0.25, 0.3) is 0 Å². The van der Waals surface area contributed by atoms with Crippen LogP contribution in [0, 0.1) is 0 Å². The van der Waals surface area contributed by atoms with Crippen LogP contribution in [0.3, 0.4) is 0 Å². The highest BCUT2D eigenvalue weighted by atomic mass is 32.2. The SMILES string of the molecule is NCC1(c2cc3n(n2)CCCS3)CCCC1. The van der Waals surface area contributed by atoms with E-state index >= 15 is 0 Å². The molecule has 1 fully saturated rings. The van der Waals surface area contributed by atoms with Gasteiger partial charge in [-0.15, -0.1) is 11.8 Å². The number of hydrogen-bond acceptors (Lipinski definition) is 3. The summed E-state index contributed by atoms with van der Waals surface area (Å²) < 4.78 is 2.18. The first-order valence-corrected chi connectivity index (χ1v) is 7.24. The summed E-state index contributed by atoms with van der Waals surface area (Å²) in [5, 5.41) is 6.14. The highest BCUT2D eigenvalue weighted by Crippen LogP contribution is 2.41. The maximum Gasteiger partial charge on any atom is 0.0942 e. The van der Waals surface area contributed by atoms with Gasteiger partial charge in [-0.2, -0.15) is 5.10 Å². The maximum atomic E-state index is 6.00. The number of nitrogens with zero attached hydrogens (tertiary/aromatic N) is 2. The molecule has 1 aliphatic carbocycles. The lowest BCUT2D eigenvalue weighted by atomic mass is 9.83. The van der Waals surface area contributed by atoms with Gasteiger partial charge in [0.15, 0.2) is 0 Å². The highest BCUT2D eigenvalue weighted by Gasteiger charge is 2.37. The number of nitrogens with two attached hydrogens (primary N) is 1. The second-order valence-corrected chi connectivity index (χ2v) is 6.10. The molecule has 0 saturated heterocycles. The second kappa shape index (κ2) is 4.08. The van der Waals surface area contributed by atoms with Crippen LogP contribution in [0.25, 0.3) is 0 Å². The van der Waals surface area contributed by atoms with Crippen molar-refractivity contribution in [2.45, 2.75) is 49.1 Å². The van der Waals surface area contributed by atoms with Gasteiger partial charge in [0, 0.05) is 24.3 Å². The minimum absolute atomic E-state index is 0.199. The molecule has 1 aromatic rings. The van der Waals surface area contributed by atoms with Gasteiger partial charge in [-0.3, -0.25) is 4.68 Å². The molecule has 0 aromatic carbocycles. The summed E-state index contributed by atoms with van der Waals surface area (Å²) in [6.07, 6.45) is 6.32. The Balaban J connectivity index is 1.96. The number of aryl methyl sites for hydroxylation is 1. The lowest BCUT2D eigenvalue weighted by Crippen LogP contribution is -2.32. The molecule has 1 saturated carbocycles. The largest absolute Gasteiger partial charge is 0.330 e. The number of thioether (sulfide) groups is 1. The third-order valence-corrected chi connectivity index (χ3v) is 5.12. The molecule has 0 bridgehead atoms. The zero-order valence-electron chi connectivity index (χ0n) is 9.61. The van der Waals surface area contributed by atoms with Crippen LogP contribution in [0.2, 0.25) is 0 Å². The summed E-state index contributed by atoms with van der Waals surface area (Å²) in [6.45, 7) is 1.84. The van der Waals surface area contributed by atoms with E-state index in [1.807, 2.05) is 11.8 Å². The van der Waals surface area contributed by atoms with Crippen molar-refractivity contribution in [2.24, 2.45) is 5.73 Å². The van der Waals surface area contributed by atoms with Gasteiger partial charge in [-0.05, 0) is 25.3 Å². The van der Waals surface area contributed by atoms with E-state index in [0.717, 1.165) is 13.1 Å². The molecule has 2 aliphatic rings. The maximum absolute atomic E-state index is 6.00. The zero-order valence-corrected chi connectivity index (χ0v) is 10.4. The third kappa shape index (κ3) is 1.59. The van der Waals surface area contributed by atoms with Crippen LogP contribution in [0.4, 0.5) is 0 Å². The molecule has 0 unspecified atom stereocenters. The van der Waals surface area contributed by atoms with Crippen molar-refractivity contribution in [3.63, 3.8) is 0 Å². The third-order valence-electron chi connectivity index (χ3n) is 4.00. The van der Waals surface area contributed by atoms with Crippen LogP contribution in [0.1, 0.15) is 37.8 Å². The molecule has 3 nitrogen and oxygen atoms in total. The summed E-state index contributed by atoms with van der Waals surface area (Å²) in [4.78, 5) is 0. The van der Waals surface area contributed by atoms with E-state index < -0.39 is 0 Å². The molecule has 0 radical (unpaired) electrons. The monoisotopic (exact) mass is 237 g/mol. The van der Waals surface area contributed by atoms with Crippen molar-refractivity contribution in [1.29, 1.82) is 0 Å². The fraction of sp³-hybridized carbons (Fsp3) is 0.750. The van der Waals surface area contributed by atoms with E-state index in [4.69, 9.17) is 10.8 Å². The van der Waals surface area contributed by atoms with Crippen LogP contribution < -0.4 is 5.73 Å². The van der Waals surface area contributed by atoms with Crippen molar-refractivity contribution >= 4 is 11.8 Å². The first kappa shape index (κ1) is 10.7. The first-order chi connectivity index (χ1) is 7.84. The van der Waals surface area contributed by atoms with Gasteiger partial charge < -0.3 is 5.73 Å².